The number of hydrogen-bond donors (Lipinski definition) is 1. The van der Waals surface area contributed by atoms with Gasteiger partial charge in [-0.25, -0.2) is 4.98 Å². The van der Waals surface area contributed by atoms with Crippen LogP contribution in [0.15, 0.2) is 42.9 Å². The fourth-order valence-electron chi connectivity index (χ4n) is 3.74. The van der Waals surface area contributed by atoms with Gasteiger partial charge in [-0.1, -0.05) is 6.07 Å². The Hall–Kier alpha value is -3.42. The molecule has 3 heterocycles. The van der Waals surface area contributed by atoms with Crippen molar-refractivity contribution in [1.82, 2.24) is 24.9 Å². The molecule has 3 aromatic rings. The normalized spacial score (nSPS) is 19.0. The minimum absolute atomic E-state index is 0.0552. The second-order valence-corrected chi connectivity index (χ2v) is 7.79. The molecule has 1 aromatic carbocycles. The number of carbonyl (C=O) groups excluding carboxylic acids is 1. The van der Waals surface area contributed by atoms with Crippen LogP contribution in [0.5, 0.6) is 5.88 Å². The Bertz CT molecular complexity index is 1050. The second kappa shape index (κ2) is 8.14. The van der Waals surface area contributed by atoms with Gasteiger partial charge in [-0.2, -0.15) is 15.0 Å². The summed E-state index contributed by atoms with van der Waals surface area (Å²) in [5.41, 5.74) is 9.72. The van der Waals surface area contributed by atoms with Crippen LogP contribution >= 0.6 is 0 Å². The largest absolute Gasteiger partial charge is 0.472 e. The van der Waals surface area contributed by atoms with Crippen LogP contribution < -0.4 is 10.5 Å². The van der Waals surface area contributed by atoms with E-state index in [4.69, 9.17) is 10.5 Å². The van der Waals surface area contributed by atoms with Crippen molar-refractivity contribution in [1.29, 1.82) is 0 Å². The van der Waals surface area contributed by atoms with Gasteiger partial charge in [-0.3, -0.25) is 4.79 Å². The number of piperidine rings is 1. The molecule has 156 valence electrons. The van der Waals surface area contributed by atoms with Crippen molar-refractivity contribution in [2.75, 3.05) is 12.3 Å². The first kappa shape index (κ1) is 19.9. The Balaban J connectivity index is 1.59. The van der Waals surface area contributed by atoms with Gasteiger partial charge < -0.3 is 15.4 Å². The molecule has 1 aliphatic rings. The van der Waals surface area contributed by atoms with Crippen LogP contribution in [0.1, 0.15) is 41.3 Å². The van der Waals surface area contributed by atoms with Crippen LogP contribution in [0.4, 0.5) is 5.69 Å². The highest BCUT2D eigenvalue weighted by atomic mass is 16.5. The van der Waals surface area contributed by atoms with Crippen LogP contribution in [-0.2, 0) is 0 Å². The van der Waals surface area contributed by atoms with Crippen LogP contribution in [-0.4, -0.2) is 49.5 Å². The summed E-state index contributed by atoms with van der Waals surface area (Å²) in [6, 6.07) is 7.56. The van der Waals surface area contributed by atoms with Gasteiger partial charge in [0.2, 0.25) is 5.88 Å². The number of ether oxygens (including phenoxy) is 1. The van der Waals surface area contributed by atoms with E-state index in [-0.39, 0.29) is 18.1 Å². The maximum absolute atomic E-state index is 13.5. The Morgan fingerprint density at radius 1 is 1.13 bits per heavy atom. The molecule has 2 atom stereocenters. The lowest BCUT2D eigenvalue weighted by Crippen LogP contribution is -2.49. The van der Waals surface area contributed by atoms with E-state index in [0.717, 1.165) is 24.0 Å². The molecule has 1 amide bonds. The van der Waals surface area contributed by atoms with Gasteiger partial charge in [0.05, 0.1) is 30.2 Å². The Labute approximate surface area is 175 Å². The smallest absolute Gasteiger partial charge is 0.256 e. The van der Waals surface area contributed by atoms with Gasteiger partial charge >= 0.3 is 0 Å². The van der Waals surface area contributed by atoms with Gasteiger partial charge in [0.15, 0.2) is 0 Å². The summed E-state index contributed by atoms with van der Waals surface area (Å²) in [5, 5.41) is 8.43. The molecule has 8 nitrogen and oxygen atoms in total. The summed E-state index contributed by atoms with van der Waals surface area (Å²) >= 11 is 0. The van der Waals surface area contributed by atoms with E-state index in [1.54, 1.807) is 24.7 Å². The van der Waals surface area contributed by atoms with Gasteiger partial charge in [-0.15, -0.1) is 0 Å². The summed E-state index contributed by atoms with van der Waals surface area (Å²) < 4.78 is 6.14. The fourth-order valence-corrected chi connectivity index (χ4v) is 3.74. The summed E-state index contributed by atoms with van der Waals surface area (Å²) in [6.07, 6.45) is 6.40. The number of carbonyl (C=O) groups is 1. The lowest BCUT2D eigenvalue weighted by Gasteiger charge is -2.38. The molecular weight excluding hydrogens is 380 g/mol. The average molecular weight is 406 g/mol. The molecule has 1 aliphatic heterocycles. The van der Waals surface area contributed by atoms with Gasteiger partial charge in [0.1, 0.15) is 6.10 Å². The highest BCUT2D eigenvalue weighted by Crippen LogP contribution is 2.27. The van der Waals surface area contributed by atoms with Gasteiger partial charge in [0.25, 0.3) is 5.91 Å². The number of pyridine rings is 1. The Morgan fingerprint density at radius 3 is 2.67 bits per heavy atom. The van der Waals surface area contributed by atoms with Crippen molar-refractivity contribution in [3.63, 3.8) is 0 Å². The van der Waals surface area contributed by atoms with Gasteiger partial charge in [0, 0.05) is 23.5 Å². The molecule has 1 saturated heterocycles. The number of likely N-dealkylation sites (tertiary alicyclic amines) is 1. The minimum Gasteiger partial charge on any atom is -0.472 e. The minimum atomic E-state index is -0.144. The van der Waals surface area contributed by atoms with E-state index in [1.807, 2.05) is 36.9 Å². The molecule has 30 heavy (non-hydrogen) atoms. The second-order valence-electron chi connectivity index (χ2n) is 7.79. The number of aromatic nitrogens is 4. The van der Waals surface area contributed by atoms with Crippen molar-refractivity contribution >= 4 is 11.6 Å². The van der Waals surface area contributed by atoms with Crippen molar-refractivity contribution in [2.24, 2.45) is 0 Å². The summed E-state index contributed by atoms with van der Waals surface area (Å²) in [4.78, 5) is 21.2. The first-order valence-corrected chi connectivity index (χ1v) is 10.1. The predicted molar refractivity (Wildman–Crippen MR) is 114 cm³/mol. The lowest BCUT2D eigenvalue weighted by molar-refractivity contribution is 0.0371. The molecule has 0 spiro atoms. The molecule has 2 aromatic heterocycles. The number of rotatable bonds is 4. The van der Waals surface area contributed by atoms with Crippen LogP contribution in [0.3, 0.4) is 0 Å². The Morgan fingerprint density at radius 2 is 1.90 bits per heavy atom. The van der Waals surface area contributed by atoms with Crippen molar-refractivity contribution in [3.8, 4) is 11.6 Å². The van der Waals surface area contributed by atoms with Crippen molar-refractivity contribution < 1.29 is 9.53 Å². The number of benzene rings is 1. The van der Waals surface area contributed by atoms with Crippen molar-refractivity contribution in [2.45, 2.75) is 45.8 Å². The number of nitrogen functional groups attached to an aromatic ring is 1. The highest BCUT2D eigenvalue weighted by molar-refractivity contribution is 5.98. The van der Waals surface area contributed by atoms with E-state index < -0.39 is 0 Å². The third-order valence-electron chi connectivity index (χ3n) is 5.60. The average Bonchev–Trinajstić information content (AvgIpc) is 3.27. The van der Waals surface area contributed by atoms with Crippen LogP contribution in [0.25, 0.3) is 5.69 Å². The quantitative estimate of drug-likeness (QED) is 0.715. The number of hydrogen-bond acceptors (Lipinski definition) is 6. The molecular formula is C22H26N6O2. The fraction of sp³-hybridized carbons (Fsp3) is 0.364. The molecule has 0 saturated carbocycles. The van der Waals surface area contributed by atoms with Gasteiger partial charge in [-0.05, 0) is 57.4 Å². The first-order chi connectivity index (χ1) is 14.4. The number of amides is 1. The SMILES string of the molecule is Cc1ccc(C(=O)N2CC(Oc3nccc(N)c3C)CCC2C)c(-n2nccn2)c1. The third kappa shape index (κ3) is 3.85. The van der Waals surface area contributed by atoms with E-state index in [0.29, 0.717) is 29.4 Å². The monoisotopic (exact) mass is 406 g/mol. The number of nitrogens with two attached hydrogens (primary N) is 1. The zero-order valence-corrected chi connectivity index (χ0v) is 17.4. The highest BCUT2D eigenvalue weighted by Gasteiger charge is 2.32. The third-order valence-corrected chi connectivity index (χ3v) is 5.60. The molecule has 8 heteroatoms. The number of anilines is 1. The molecule has 0 bridgehead atoms. The molecule has 4 rings (SSSR count). The summed E-state index contributed by atoms with van der Waals surface area (Å²) in [7, 11) is 0. The first-order valence-electron chi connectivity index (χ1n) is 10.1. The zero-order valence-electron chi connectivity index (χ0n) is 17.4. The molecule has 1 fully saturated rings. The molecule has 2 unspecified atom stereocenters. The van der Waals surface area contributed by atoms with Crippen molar-refractivity contribution in [3.05, 3.63) is 59.5 Å². The summed E-state index contributed by atoms with van der Waals surface area (Å²) in [5.74, 6) is 0.471. The Kier molecular flexibility index (Phi) is 5.39. The van der Waals surface area contributed by atoms with E-state index >= 15 is 0 Å². The number of aryl methyl sites for hydroxylation is 1. The molecule has 0 aliphatic carbocycles. The van der Waals surface area contributed by atoms with E-state index in [1.165, 1.54) is 4.80 Å². The van der Waals surface area contributed by atoms with Crippen LogP contribution in [0.2, 0.25) is 0 Å². The zero-order chi connectivity index (χ0) is 21.3. The predicted octanol–water partition coefficient (Wildman–Crippen LogP) is 2.93. The maximum atomic E-state index is 13.5. The standard InChI is InChI=1S/C22H26N6O2/c1-14-4-7-18(20(12-14)28-25-10-11-26-28)22(29)27-13-17(6-5-15(27)2)30-21-16(3)19(23)8-9-24-21/h4,7-12,15,17H,5-6,13H2,1-3H3,(H2,23,24). The topological polar surface area (TPSA) is 99.2 Å². The summed E-state index contributed by atoms with van der Waals surface area (Å²) in [6.45, 7) is 6.42. The number of nitrogens with zero attached hydrogens (tertiary/aromatic N) is 5. The van der Waals surface area contributed by atoms with E-state index in [2.05, 4.69) is 22.1 Å². The molecule has 2 N–H and O–H groups in total. The maximum Gasteiger partial charge on any atom is 0.256 e. The van der Waals surface area contributed by atoms with E-state index in [9.17, 15) is 4.79 Å². The lowest BCUT2D eigenvalue weighted by atomic mass is 9.99. The van der Waals surface area contributed by atoms with Crippen LogP contribution in [0, 0.1) is 13.8 Å². The molecule has 0 radical (unpaired) electrons.